The smallest absolute Gasteiger partial charge is 0.326 e. The van der Waals surface area contributed by atoms with E-state index < -0.39 is 17.9 Å². The van der Waals surface area contributed by atoms with Gasteiger partial charge >= 0.3 is 5.97 Å². The maximum absolute atomic E-state index is 12.7. The monoisotopic (exact) mass is 421 g/mol. The van der Waals surface area contributed by atoms with Gasteiger partial charge in [0.15, 0.2) is 0 Å². The van der Waals surface area contributed by atoms with Crippen molar-refractivity contribution in [3.63, 3.8) is 0 Å². The normalized spacial score (nSPS) is 12.7. The highest BCUT2D eigenvalue weighted by atomic mass is 32.1. The maximum Gasteiger partial charge on any atom is 0.326 e. The summed E-state index contributed by atoms with van der Waals surface area (Å²) in [4.78, 5) is 32.4. The number of nitrogens with one attached hydrogen (secondary N) is 1. The summed E-state index contributed by atoms with van der Waals surface area (Å²) < 4.78 is 0. The van der Waals surface area contributed by atoms with Crippen molar-refractivity contribution < 1.29 is 14.7 Å². The summed E-state index contributed by atoms with van der Waals surface area (Å²) >= 11 is 4.29. The number of carbonyl (C=O) groups excluding carboxylic acids is 1. The SMILES string of the molecule is O=C(NC(Cc1ccc(-c2cncnc2)cc1)C(=O)O)C(CS)Cc1ccccc1. The number of nitrogens with zero attached hydrogens (tertiary/aromatic N) is 2. The molecule has 1 aromatic heterocycles. The molecule has 2 atom stereocenters. The number of thiol groups is 1. The van der Waals surface area contributed by atoms with E-state index in [1.165, 1.54) is 6.33 Å². The Labute approximate surface area is 180 Å². The Balaban J connectivity index is 1.65. The van der Waals surface area contributed by atoms with E-state index in [9.17, 15) is 14.7 Å². The molecular weight excluding hydrogens is 398 g/mol. The number of hydrogen-bond acceptors (Lipinski definition) is 5. The topological polar surface area (TPSA) is 92.2 Å². The van der Waals surface area contributed by atoms with Gasteiger partial charge in [0.2, 0.25) is 5.91 Å². The van der Waals surface area contributed by atoms with Gasteiger partial charge in [0, 0.05) is 30.1 Å². The second kappa shape index (κ2) is 10.5. The van der Waals surface area contributed by atoms with E-state index in [-0.39, 0.29) is 12.3 Å². The van der Waals surface area contributed by atoms with E-state index >= 15 is 0 Å². The second-order valence-electron chi connectivity index (χ2n) is 7.00. The molecule has 30 heavy (non-hydrogen) atoms. The van der Waals surface area contributed by atoms with E-state index in [0.29, 0.717) is 12.2 Å². The number of carboxylic acids is 1. The number of benzene rings is 2. The zero-order chi connectivity index (χ0) is 21.3. The number of rotatable bonds is 9. The third-order valence-electron chi connectivity index (χ3n) is 4.82. The maximum atomic E-state index is 12.7. The first-order chi connectivity index (χ1) is 14.6. The molecule has 0 aliphatic rings. The van der Waals surface area contributed by atoms with Crippen molar-refractivity contribution in [3.05, 3.63) is 84.4 Å². The van der Waals surface area contributed by atoms with E-state index in [1.54, 1.807) is 12.4 Å². The standard InChI is InChI=1S/C23H23N3O3S/c27-22(19(14-30)10-16-4-2-1-3-5-16)26-21(23(28)29)11-17-6-8-18(9-7-17)20-12-24-15-25-13-20/h1-9,12-13,15,19,21,30H,10-11,14H2,(H,26,27)(H,28,29). The highest BCUT2D eigenvalue weighted by Crippen LogP contribution is 2.18. The summed E-state index contributed by atoms with van der Waals surface area (Å²) in [6.45, 7) is 0. The fourth-order valence-corrected chi connectivity index (χ4v) is 3.44. The van der Waals surface area contributed by atoms with Gasteiger partial charge in [0.25, 0.3) is 0 Å². The van der Waals surface area contributed by atoms with Crippen molar-refractivity contribution >= 4 is 24.5 Å². The minimum Gasteiger partial charge on any atom is -0.480 e. The van der Waals surface area contributed by atoms with Gasteiger partial charge in [-0.2, -0.15) is 12.6 Å². The molecule has 0 radical (unpaired) electrons. The van der Waals surface area contributed by atoms with Crippen LogP contribution in [-0.2, 0) is 22.4 Å². The molecule has 3 aromatic rings. The fourth-order valence-electron chi connectivity index (χ4n) is 3.15. The molecule has 1 amide bonds. The summed E-state index contributed by atoms with van der Waals surface area (Å²) in [6.07, 6.45) is 5.60. The Morgan fingerprint density at radius 2 is 1.53 bits per heavy atom. The van der Waals surface area contributed by atoms with E-state index in [1.807, 2.05) is 54.6 Å². The Bertz CT molecular complexity index is 966. The van der Waals surface area contributed by atoms with E-state index in [0.717, 1.165) is 22.3 Å². The number of carbonyl (C=O) groups is 2. The van der Waals surface area contributed by atoms with Crippen LogP contribution in [0.5, 0.6) is 0 Å². The molecule has 2 unspecified atom stereocenters. The lowest BCUT2D eigenvalue weighted by atomic mass is 9.98. The van der Waals surface area contributed by atoms with Crippen LogP contribution >= 0.6 is 12.6 Å². The van der Waals surface area contributed by atoms with Gasteiger partial charge in [-0.15, -0.1) is 0 Å². The Morgan fingerprint density at radius 1 is 0.900 bits per heavy atom. The van der Waals surface area contributed by atoms with Crippen molar-refractivity contribution in [2.24, 2.45) is 5.92 Å². The first-order valence-electron chi connectivity index (χ1n) is 9.59. The molecule has 0 fully saturated rings. The van der Waals surface area contributed by atoms with E-state index in [4.69, 9.17) is 0 Å². The first kappa shape index (κ1) is 21.5. The van der Waals surface area contributed by atoms with Gasteiger partial charge in [-0.25, -0.2) is 14.8 Å². The molecule has 0 bridgehead atoms. The number of aliphatic carboxylic acids is 1. The summed E-state index contributed by atoms with van der Waals surface area (Å²) in [5, 5.41) is 12.3. The van der Waals surface area contributed by atoms with Gasteiger partial charge < -0.3 is 10.4 Å². The second-order valence-corrected chi connectivity index (χ2v) is 7.36. The summed E-state index contributed by atoms with van der Waals surface area (Å²) in [6, 6.07) is 16.1. The zero-order valence-corrected chi connectivity index (χ0v) is 17.2. The van der Waals surface area contributed by atoms with Crippen LogP contribution in [0.4, 0.5) is 0 Å². The predicted octanol–water partition coefficient (Wildman–Crippen LogP) is 3.04. The van der Waals surface area contributed by atoms with Gasteiger partial charge in [-0.05, 0) is 23.1 Å². The zero-order valence-electron chi connectivity index (χ0n) is 16.3. The van der Waals surface area contributed by atoms with Crippen LogP contribution < -0.4 is 5.32 Å². The molecule has 0 saturated carbocycles. The van der Waals surface area contributed by atoms with Crippen LogP contribution in [-0.4, -0.2) is 38.7 Å². The summed E-state index contributed by atoms with van der Waals surface area (Å²) in [7, 11) is 0. The molecule has 7 heteroatoms. The Kier molecular flexibility index (Phi) is 7.57. The number of amides is 1. The number of aromatic nitrogens is 2. The molecule has 0 aliphatic heterocycles. The number of hydrogen-bond donors (Lipinski definition) is 3. The third kappa shape index (κ3) is 5.90. The van der Waals surface area contributed by atoms with Crippen LogP contribution in [0.2, 0.25) is 0 Å². The van der Waals surface area contributed by atoms with Gasteiger partial charge in [0.05, 0.1) is 5.92 Å². The molecule has 3 rings (SSSR count). The van der Waals surface area contributed by atoms with Gasteiger partial charge in [0.1, 0.15) is 12.4 Å². The predicted molar refractivity (Wildman–Crippen MR) is 118 cm³/mol. The molecule has 0 spiro atoms. The molecule has 154 valence electrons. The lowest BCUT2D eigenvalue weighted by Gasteiger charge is -2.19. The molecule has 6 nitrogen and oxygen atoms in total. The lowest BCUT2D eigenvalue weighted by molar-refractivity contribution is -0.142. The summed E-state index contributed by atoms with van der Waals surface area (Å²) in [5.41, 5.74) is 3.64. The Hall–Kier alpha value is -3.19. The molecule has 0 aliphatic carbocycles. The van der Waals surface area contributed by atoms with Crippen molar-refractivity contribution in [1.29, 1.82) is 0 Å². The van der Waals surface area contributed by atoms with Gasteiger partial charge in [-0.1, -0.05) is 54.6 Å². The Morgan fingerprint density at radius 3 is 2.13 bits per heavy atom. The highest BCUT2D eigenvalue weighted by molar-refractivity contribution is 7.80. The van der Waals surface area contributed by atoms with Crippen LogP contribution in [0.15, 0.2) is 73.3 Å². The summed E-state index contributed by atoms with van der Waals surface area (Å²) in [5.74, 6) is -1.44. The molecule has 2 N–H and O–H groups in total. The van der Waals surface area contributed by atoms with Crippen molar-refractivity contribution in [2.75, 3.05) is 5.75 Å². The first-order valence-corrected chi connectivity index (χ1v) is 10.2. The van der Waals surface area contributed by atoms with E-state index in [2.05, 4.69) is 27.9 Å². The molecule has 0 saturated heterocycles. The highest BCUT2D eigenvalue weighted by Gasteiger charge is 2.25. The van der Waals surface area contributed by atoms with Crippen LogP contribution in [0.1, 0.15) is 11.1 Å². The van der Waals surface area contributed by atoms with Crippen molar-refractivity contribution in [1.82, 2.24) is 15.3 Å². The largest absolute Gasteiger partial charge is 0.480 e. The third-order valence-corrected chi connectivity index (χ3v) is 5.26. The van der Waals surface area contributed by atoms with Crippen LogP contribution in [0.3, 0.4) is 0 Å². The minimum atomic E-state index is -1.07. The van der Waals surface area contributed by atoms with Crippen LogP contribution in [0, 0.1) is 5.92 Å². The van der Waals surface area contributed by atoms with Gasteiger partial charge in [-0.3, -0.25) is 4.79 Å². The van der Waals surface area contributed by atoms with Crippen LogP contribution in [0.25, 0.3) is 11.1 Å². The molecular formula is C23H23N3O3S. The number of carboxylic acid groups (broad SMARTS) is 1. The average Bonchev–Trinajstić information content (AvgIpc) is 2.78. The van der Waals surface area contributed by atoms with Crippen molar-refractivity contribution in [3.8, 4) is 11.1 Å². The van der Waals surface area contributed by atoms with Crippen molar-refractivity contribution in [2.45, 2.75) is 18.9 Å². The quantitative estimate of drug-likeness (QED) is 0.462. The lowest BCUT2D eigenvalue weighted by Crippen LogP contribution is -2.45. The fraction of sp³-hybridized carbons (Fsp3) is 0.217. The molecule has 2 aromatic carbocycles. The average molecular weight is 422 g/mol. The minimum absolute atomic E-state index is 0.192. The molecule has 1 heterocycles.